The molecule has 1 heterocycles. The zero-order valence-electron chi connectivity index (χ0n) is 27.6. The van der Waals surface area contributed by atoms with E-state index in [1.54, 1.807) is 13.8 Å². The first-order valence-corrected chi connectivity index (χ1v) is 16.6. The number of carbonyl (C=O) groups is 3. The van der Waals surface area contributed by atoms with Gasteiger partial charge < -0.3 is 30.5 Å². The number of hydrogen-bond acceptors (Lipinski definition) is 5. The Morgan fingerprint density at radius 3 is 2.19 bits per heavy atom. The SMILES string of the molecule is CCCCCC(CCCCC(C)C)NC(=O)NC1CCCCCC1C(CC(=O)O)NC(=O)C1OC(C)(C)OCC1(C)C. The number of hydrogen-bond donors (Lipinski definition) is 4. The fourth-order valence-corrected chi connectivity index (χ4v) is 6.34. The predicted molar refractivity (Wildman–Crippen MR) is 166 cm³/mol. The van der Waals surface area contributed by atoms with E-state index in [-0.39, 0.29) is 36.4 Å². The molecule has 1 saturated carbocycles. The van der Waals surface area contributed by atoms with Crippen LogP contribution in [0.1, 0.15) is 138 Å². The molecule has 5 unspecified atom stereocenters. The second-order valence-corrected chi connectivity index (χ2v) is 14.3. The molecule has 244 valence electrons. The van der Waals surface area contributed by atoms with E-state index in [9.17, 15) is 19.5 Å². The number of rotatable bonds is 16. The van der Waals surface area contributed by atoms with Crippen molar-refractivity contribution in [3.05, 3.63) is 0 Å². The van der Waals surface area contributed by atoms with E-state index in [4.69, 9.17) is 9.47 Å². The van der Waals surface area contributed by atoms with Crippen LogP contribution in [-0.4, -0.2) is 59.6 Å². The molecule has 2 aliphatic rings. The number of aliphatic carboxylic acids is 1. The van der Waals surface area contributed by atoms with E-state index in [0.29, 0.717) is 12.5 Å². The largest absolute Gasteiger partial charge is 0.481 e. The van der Waals surface area contributed by atoms with E-state index < -0.39 is 29.3 Å². The Hall–Kier alpha value is -1.87. The van der Waals surface area contributed by atoms with Gasteiger partial charge in [-0.1, -0.05) is 92.4 Å². The van der Waals surface area contributed by atoms with E-state index in [2.05, 4.69) is 36.7 Å². The molecule has 3 amide bonds. The third-order valence-electron chi connectivity index (χ3n) is 8.84. The van der Waals surface area contributed by atoms with E-state index in [1.165, 1.54) is 6.42 Å². The van der Waals surface area contributed by atoms with Crippen molar-refractivity contribution in [3.8, 4) is 0 Å². The fourth-order valence-electron chi connectivity index (χ4n) is 6.34. The zero-order valence-corrected chi connectivity index (χ0v) is 27.6. The molecule has 4 N–H and O–H groups in total. The summed E-state index contributed by atoms with van der Waals surface area (Å²) in [6.45, 7) is 14.4. The Labute approximate surface area is 255 Å². The summed E-state index contributed by atoms with van der Waals surface area (Å²) in [4.78, 5) is 39.0. The number of carbonyl (C=O) groups excluding carboxylic acids is 2. The molecule has 42 heavy (non-hydrogen) atoms. The van der Waals surface area contributed by atoms with Crippen molar-refractivity contribution in [1.29, 1.82) is 0 Å². The molecule has 0 radical (unpaired) electrons. The summed E-state index contributed by atoms with van der Waals surface area (Å²) in [5, 5.41) is 19.4. The van der Waals surface area contributed by atoms with Crippen LogP contribution in [0.2, 0.25) is 0 Å². The van der Waals surface area contributed by atoms with Gasteiger partial charge in [-0.05, 0) is 45.4 Å². The summed E-state index contributed by atoms with van der Waals surface area (Å²) < 4.78 is 11.8. The summed E-state index contributed by atoms with van der Waals surface area (Å²) in [7, 11) is 0. The minimum Gasteiger partial charge on any atom is -0.481 e. The standard InChI is InChI=1S/C33H61N3O6/c1-8-9-11-17-24(18-15-14-16-23(2)3)34-31(40)36-26-20-13-10-12-19-25(26)27(21-28(37)38)35-30(39)29-32(4,5)22-41-33(6,7)42-29/h23-27,29H,8-22H2,1-7H3,(H,35,39)(H,37,38)(H2,34,36,40). The van der Waals surface area contributed by atoms with Crippen LogP contribution in [-0.2, 0) is 19.1 Å². The maximum Gasteiger partial charge on any atom is 0.315 e. The van der Waals surface area contributed by atoms with Crippen molar-refractivity contribution in [3.63, 3.8) is 0 Å². The number of unbranched alkanes of at least 4 members (excludes halogenated alkanes) is 3. The lowest BCUT2D eigenvalue weighted by molar-refractivity contribution is -0.304. The lowest BCUT2D eigenvalue weighted by atomic mass is 9.83. The molecule has 0 aromatic carbocycles. The Kier molecular flexibility index (Phi) is 15.1. The molecule has 2 fully saturated rings. The summed E-state index contributed by atoms with van der Waals surface area (Å²) in [6, 6.07) is -0.915. The molecule has 0 spiro atoms. The molecule has 1 aliphatic heterocycles. The summed E-state index contributed by atoms with van der Waals surface area (Å²) >= 11 is 0. The second-order valence-electron chi connectivity index (χ2n) is 14.3. The van der Waals surface area contributed by atoms with Crippen LogP contribution >= 0.6 is 0 Å². The van der Waals surface area contributed by atoms with Gasteiger partial charge in [-0.2, -0.15) is 0 Å². The van der Waals surface area contributed by atoms with Crippen molar-refractivity contribution in [1.82, 2.24) is 16.0 Å². The molecule has 2 rings (SSSR count). The van der Waals surface area contributed by atoms with Gasteiger partial charge in [0.15, 0.2) is 5.79 Å². The number of urea groups is 1. The molecule has 9 nitrogen and oxygen atoms in total. The summed E-state index contributed by atoms with van der Waals surface area (Å²) in [5.74, 6) is -1.72. The van der Waals surface area contributed by atoms with Gasteiger partial charge in [0.2, 0.25) is 5.91 Å². The highest BCUT2D eigenvalue weighted by Gasteiger charge is 2.47. The van der Waals surface area contributed by atoms with Crippen molar-refractivity contribution >= 4 is 17.9 Å². The maximum absolute atomic E-state index is 13.6. The smallest absolute Gasteiger partial charge is 0.315 e. The third-order valence-corrected chi connectivity index (χ3v) is 8.84. The zero-order chi connectivity index (χ0) is 31.3. The molecule has 0 bridgehead atoms. The van der Waals surface area contributed by atoms with Gasteiger partial charge in [-0.15, -0.1) is 0 Å². The van der Waals surface area contributed by atoms with Crippen molar-refractivity contribution in [2.24, 2.45) is 17.3 Å². The van der Waals surface area contributed by atoms with Crippen LogP contribution in [0, 0.1) is 17.3 Å². The Bertz CT molecular complexity index is 846. The van der Waals surface area contributed by atoms with Gasteiger partial charge in [0.1, 0.15) is 6.10 Å². The van der Waals surface area contributed by atoms with E-state index in [1.807, 2.05) is 13.8 Å². The second kappa shape index (κ2) is 17.4. The normalized spacial score (nSPS) is 25.2. The summed E-state index contributed by atoms with van der Waals surface area (Å²) in [6.07, 6.45) is 12.2. The minimum atomic E-state index is -0.974. The molecule has 1 aliphatic carbocycles. The topological polar surface area (TPSA) is 126 Å². The van der Waals surface area contributed by atoms with Gasteiger partial charge in [0.05, 0.1) is 13.0 Å². The highest BCUT2D eigenvalue weighted by Crippen LogP contribution is 2.35. The average molecular weight is 596 g/mol. The first-order valence-electron chi connectivity index (χ1n) is 16.6. The number of carboxylic acids is 1. The fraction of sp³-hybridized carbons (Fsp3) is 0.909. The number of nitrogens with one attached hydrogen (secondary N) is 3. The monoisotopic (exact) mass is 595 g/mol. The quantitative estimate of drug-likeness (QED) is 0.119. The highest BCUT2D eigenvalue weighted by atomic mass is 16.7. The van der Waals surface area contributed by atoms with Crippen LogP contribution in [0.3, 0.4) is 0 Å². The Balaban J connectivity index is 2.14. The molecule has 1 saturated heterocycles. The lowest BCUT2D eigenvalue weighted by Gasteiger charge is -2.45. The van der Waals surface area contributed by atoms with Crippen LogP contribution in [0.5, 0.6) is 0 Å². The minimum absolute atomic E-state index is 0.124. The first-order chi connectivity index (χ1) is 19.7. The van der Waals surface area contributed by atoms with Crippen molar-refractivity contribution in [2.75, 3.05) is 6.61 Å². The van der Waals surface area contributed by atoms with Crippen LogP contribution in [0.4, 0.5) is 4.79 Å². The number of carboxylic acid groups (broad SMARTS) is 1. The predicted octanol–water partition coefficient (Wildman–Crippen LogP) is 6.54. The van der Waals surface area contributed by atoms with Gasteiger partial charge in [0.25, 0.3) is 0 Å². The Morgan fingerprint density at radius 2 is 1.55 bits per heavy atom. The van der Waals surface area contributed by atoms with Gasteiger partial charge in [-0.25, -0.2) is 4.79 Å². The van der Waals surface area contributed by atoms with Crippen molar-refractivity contribution in [2.45, 2.75) is 168 Å². The number of ether oxygens (including phenoxy) is 2. The van der Waals surface area contributed by atoms with Gasteiger partial charge in [0, 0.05) is 29.5 Å². The van der Waals surface area contributed by atoms with Crippen molar-refractivity contribution < 1.29 is 29.0 Å². The van der Waals surface area contributed by atoms with Gasteiger partial charge >= 0.3 is 12.0 Å². The third kappa shape index (κ3) is 12.8. The van der Waals surface area contributed by atoms with Crippen LogP contribution in [0.15, 0.2) is 0 Å². The van der Waals surface area contributed by atoms with Crippen LogP contribution in [0.25, 0.3) is 0 Å². The molecule has 9 heteroatoms. The molecular formula is C33H61N3O6. The highest BCUT2D eigenvalue weighted by molar-refractivity contribution is 5.83. The van der Waals surface area contributed by atoms with E-state index in [0.717, 1.165) is 77.0 Å². The van der Waals surface area contributed by atoms with Gasteiger partial charge in [-0.3, -0.25) is 9.59 Å². The maximum atomic E-state index is 13.6. The molecular weight excluding hydrogens is 534 g/mol. The summed E-state index contributed by atoms with van der Waals surface area (Å²) in [5.41, 5.74) is -0.573. The molecule has 0 aromatic rings. The lowest BCUT2D eigenvalue weighted by Crippen LogP contribution is -2.60. The average Bonchev–Trinajstić information content (AvgIpc) is 3.12. The van der Waals surface area contributed by atoms with Crippen LogP contribution < -0.4 is 16.0 Å². The first kappa shape index (κ1) is 36.3. The molecule has 0 aromatic heterocycles. The number of amides is 3. The molecule has 5 atom stereocenters. The Morgan fingerprint density at radius 1 is 0.905 bits per heavy atom. The van der Waals surface area contributed by atoms with E-state index >= 15 is 0 Å².